The molecular weight excluding hydrogens is 368 g/mol. The molecule has 1 atom stereocenters. The molecule has 28 heavy (non-hydrogen) atoms. The molecule has 0 spiro atoms. The topological polar surface area (TPSA) is 42.4 Å². The molecule has 3 aromatic rings. The maximum absolute atomic E-state index is 12.9. The van der Waals surface area contributed by atoms with Gasteiger partial charge in [-0.15, -0.1) is 11.3 Å². The van der Waals surface area contributed by atoms with Crippen LogP contribution in [-0.2, 0) is 4.79 Å². The van der Waals surface area contributed by atoms with E-state index in [1.54, 1.807) is 11.3 Å². The van der Waals surface area contributed by atoms with Crippen LogP contribution in [-0.4, -0.2) is 28.9 Å². The molecule has 5 heteroatoms. The number of para-hydroxylation sites is 2. The largest absolute Gasteiger partial charge is 0.493 e. The number of carbonyl (C=O) groups is 1. The molecule has 1 fully saturated rings. The van der Waals surface area contributed by atoms with Gasteiger partial charge < -0.3 is 9.64 Å². The van der Waals surface area contributed by atoms with E-state index in [0.29, 0.717) is 13.0 Å². The minimum Gasteiger partial charge on any atom is -0.493 e. The highest BCUT2D eigenvalue weighted by Gasteiger charge is 2.29. The van der Waals surface area contributed by atoms with Crippen molar-refractivity contribution in [3.8, 4) is 5.75 Å². The summed E-state index contributed by atoms with van der Waals surface area (Å²) in [5.74, 6) is 1.12. The smallest absolute Gasteiger partial charge is 0.223 e. The average molecular weight is 395 g/mol. The number of aromatic nitrogens is 1. The summed E-state index contributed by atoms with van der Waals surface area (Å²) >= 11 is 1.72. The van der Waals surface area contributed by atoms with E-state index in [2.05, 4.69) is 11.0 Å². The predicted octanol–water partition coefficient (Wildman–Crippen LogP) is 5.52. The first-order valence-electron chi connectivity index (χ1n) is 10.1. The first kappa shape index (κ1) is 18.9. The molecule has 0 unspecified atom stereocenters. The number of thiazole rings is 1. The minimum atomic E-state index is 0.121. The second-order valence-electron chi connectivity index (χ2n) is 7.34. The van der Waals surface area contributed by atoms with E-state index in [4.69, 9.17) is 9.72 Å². The van der Waals surface area contributed by atoms with Crippen LogP contribution in [0, 0.1) is 6.92 Å². The molecule has 2 aromatic carbocycles. The third kappa shape index (κ3) is 4.20. The van der Waals surface area contributed by atoms with Crippen LogP contribution in [0.5, 0.6) is 5.75 Å². The van der Waals surface area contributed by atoms with Gasteiger partial charge in [0.25, 0.3) is 0 Å². The predicted molar refractivity (Wildman–Crippen MR) is 114 cm³/mol. The summed E-state index contributed by atoms with van der Waals surface area (Å²) in [5.41, 5.74) is 2.16. The molecule has 0 aliphatic carbocycles. The Morgan fingerprint density at radius 2 is 2.00 bits per heavy atom. The van der Waals surface area contributed by atoms with Crippen LogP contribution in [0.2, 0.25) is 0 Å². The summed E-state index contributed by atoms with van der Waals surface area (Å²) in [7, 11) is 0. The lowest BCUT2D eigenvalue weighted by Crippen LogP contribution is -2.38. The quantitative estimate of drug-likeness (QED) is 0.517. The number of rotatable bonds is 6. The fraction of sp³-hybridized carbons (Fsp3) is 0.391. The summed E-state index contributed by atoms with van der Waals surface area (Å²) < 4.78 is 7.04. The normalized spacial score (nSPS) is 17.0. The van der Waals surface area contributed by atoms with Crippen molar-refractivity contribution in [3.05, 3.63) is 59.1 Å². The molecule has 4 rings (SSSR count). The van der Waals surface area contributed by atoms with Gasteiger partial charge in [-0.25, -0.2) is 4.98 Å². The van der Waals surface area contributed by atoms with Crippen molar-refractivity contribution in [2.75, 3.05) is 13.2 Å². The minimum absolute atomic E-state index is 0.121. The van der Waals surface area contributed by atoms with Gasteiger partial charge in [0, 0.05) is 13.0 Å². The SMILES string of the molecule is Cc1ccccc1OCCCC(=O)N1CCCC[C@@H]1c1nc2ccccc2s1. The van der Waals surface area contributed by atoms with Crippen LogP contribution in [0.25, 0.3) is 10.2 Å². The maximum atomic E-state index is 12.9. The van der Waals surface area contributed by atoms with Crippen molar-refractivity contribution in [3.63, 3.8) is 0 Å². The van der Waals surface area contributed by atoms with Crippen LogP contribution < -0.4 is 4.74 Å². The highest BCUT2D eigenvalue weighted by molar-refractivity contribution is 7.18. The van der Waals surface area contributed by atoms with E-state index in [9.17, 15) is 4.79 Å². The molecule has 0 N–H and O–H groups in total. The molecule has 1 saturated heterocycles. The summed E-state index contributed by atoms with van der Waals surface area (Å²) in [6.07, 6.45) is 4.49. The van der Waals surface area contributed by atoms with E-state index in [1.807, 2.05) is 49.4 Å². The van der Waals surface area contributed by atoms with E-state index in [1.165, 1.54) is 4.70 Å². The highest BCUT2D eigenvalue weighted by Crippen LogP contribution is 2.36. The van der Waals surface area contributed by atoms with Crippen LogP contribution in [0.15, 0.2) is 48.5 Å². The Morgan fingerprint density at radius 1 is 1.18 bits per heavy atom. The Balaban J connectivity index is 1.37. The molecule has 0 radical (unpaired) electrons. The molecule has 0 saturated carbocycles. The van der Waals surface area contributed by atoms with Gasteiger partial charge in [0.1, 0.15) is 10.8 Å². The summed E-state index contributed by atoms with van der Waals surface area (Å²) in [5, 5.41) is 1.07. The van der Waals surface area contributed by atoms with Gasteiger partial charge in [-0.2, -0.15) is 0 Å². The number of aryl methyl sites for hydroxylation is 1. The Bertz CT molecular complexity index is 919. The van der Waals surface area contributed by atoms with Crippen LogP contribution in [0.3, 0.4) is 0 Å². The van der Waals surface area contributed by atoms with Crippen LogP contribution in [0.4, 0.5) is 0 Å². The number of benzene rings is 2. The first-order chi connectivity index (χ1) is 13.7. The fourth-order valence-corrected chi connectivity index (χ4v) is 4.90. The lowest BCUT2D eigenvalue weighted by molar-refractivity contribution is -0.135. The summed E-state index contributed by atoms with van der Waals surface area (Å²) in [6.45, 7) is 3.44. The van der Waals surface area contributed by atoms with Crippen LogP contribution in [0.1, 0.15) is 48.7 Å². The number of hydrogen-bond donors (Lipinski definition) is 0. The van der Waals surface area contributed by atoms with Gasteiger partial charge in [-0.1, -0.05) is 30.3 Å². The number of amides is 1. The molecule has 146 valence electrons. The van der Waals surface area contributed by atoms with Gasteiger partial charge in [-0.3, -0.25) is 4.79 Å². The van der Waals surface area contributed by atoms with Crippen molar-refractivity contribution in [1.82, 2.24) is 9.88 Å². The number of carbonyl (C=O) groups excluding carboxylic acids is 1. The number of piperidine rings is 1. The van der Waals surface area contributed by atoms with E-state index in [-0.39, 0.29) is 11.9 Å². The number of fused-ring (bicyclic) bond motifs is 1. The third-order valence-electron chi connectivity index (χ3n) is 5.30. The van der Waals surface area contributed by atoms with Crippen molar-refractivity contribution < 1.29 is 9.53 Å². The van der Waals surface area contributed by atoms with E-state index < -0.39 is 0 Å². The Kier molecular flexibility index (Phi) is 5.91. The Morgan fingerprint density at radius 3 is 2.86 bits per heavy atom. The second kappa shape index (κ2) is 8.74. The Hall–Kier alpha value is -2.40. The average Bonchev–Trinajstić information content (AvgIpc) is 3.16. The molecule has 4 nitrogen and oxygen atoms in total. The molecule has 1 aliphatic heterocycles. The Labute approximate surface area is 170 Å². The standard InChI is InChI=1S/C23H26N2O2S/c1-17-9-2-4-12-20(17)27-16-8-14-22(26)25-15-7-6-11-19(25)23-24-18-10-3-5-13-21(18)28-23/h2-5,9-10,12-13,19H,6-8,11,14-16H2,1H3/t19-/m1/s1. The zero-order chi connectivity index (χ0) is 19.3. The third-order valence-corrected chi connectivity index (χ3v) is 6.44. The second-order valence-corrected chi connectivity index (χ2v) is 8.40. The summed E-state index contributed by atoms with van der Waals surface area (Å²) in [6, 6.07) is 16.3. The summed E-state index contributed by atoms with van der Waals surface area (Å²) in [4.78, 5) is 19.8. The zero-order valence-electron chi connectivity index (χ0n) is 16.3. The van der Waals surface area contributed by atoms with Crippen molar-refractivity contribution in [1.29, 1.82) is 0 Å². The fourth-order valence-electron chi connectivity index (χ4n) is 3.79. The van der Waals surface area contributed by atoms with E-state index in [0.717, 1.165) is 54.1 Å². The first-order valence-corrected chi connectivity index (χ1v) is 10.9. The molecule has 1 amide bonds. The molecule has 2 heterocycles. The number of nitrogens with zero attached hydrogens (tertiary/aromatic N) is 2. The van der Waals surface area contributed by atoms with Gasteiger partial charge in [-0.05, 0) is 56.4 Å². The lowest BCUT2D eigenvalue weighted by atomic mass is 10.0. The molecule has 1 aromatic heterocycles. The van der Waals surface area contributed by atoms with Crippen LogP contribution >= 0.6 is 11.3 Å². The number of hydrogen-bond acceptors (Lipinski definition) is 4. The monoisotopic (exact) mass is 394 g/mol. The van der Waals surface area contributed by atoms with Gasteiger partial charge in [0.15, 0.2) is 0 Å². The van der Waals surface area contributed by atoms with Gasteiger partial charge in [0.05, 0.1) is 22.9 Å². The van der Waals surface area contributed by atoms with Gasteiger partial charge >= 0.3 is 0 Å². The molecule has 1 aliphatic rings. The highest BCUT2D eigenvalue weighted by atomic mass is 32.1. The van der Waals surface area contributed by atoms with Crippen molar-refractivity contribution >= 4 is 27.5 Å². The lowest BCUT2D eigenvalue weighted by Gasteiger charge is -2.34. The van der Waals surface area contributed by atoms with Gasteiger partial charge in [0.2, 0.25) is 5.91 Å². The van der Waals surface area contributed by atoms with E-state index >= 15 is 0 Å². The van der Waals surface area contributed by atoms with Crippen molar-refractivity contribution in [2.24, 2.45) is 0 Å². The maximum Gasteiger partial charge on any atom is 0.223 e. The number of ether oxygens (including phenoxy) is 1. The van der Waals surface area contributed by atoms with Crippen molar-refractivity contribution in [2.45, 2.75) is 45.1 Å². The molecular formula is C23H26N2O2S. The zero-order valence-corrected chi connectivity index (χ0v) is 17.1. The number of likely N-dealkylation sites (tertiary alicyclic amines) is 1. The molecule has 0 bridgehead atoms.